The third-order valence-electron chi connectivity index (χ3n) is 7.47. The quantitative estimate of drug-likeness (QED) is 0.553. The Morgan fingerprint density at radius 2 is 2.16 bits per heavy atom. The van der Waals surface area contributed by atoms with Crippen molar-refractivity contribution in [2.24, 2.45) is 17.8 Å². The molecular weight excluding hydrogens is 409 g/mol. The zero-order valence-corrected chi connectivity index (χ0v) is 18.7. The van der Waals surface area contributed by atoms with E-state index in [-0.39, 0.29) is 29.5 Å². The number of anilines is 1. The molecule has 1 saturated heterocycles. The second-order valence-corrected chi connectivity index (χ2v) is 9.92. The van der Waals surface area contributed by atoms with E-state index in [1.54, 1.807) is 23.0 Å². The van der Waals surface area contributed by atoms with E-state index in [4.69, 9.17) is 0 Å². The fourth-order valence-electron chi connectivity index (χ4n) is 5.60. The van der Waals surface area contributed by atoms with Crippen LogP contribution in [0.15, 0.2) is 29.3 Å². The first kappa shape index (κ1) is 21.2. The third kappa shape index (κ3) is 4.08. The van der Waals surface area contributed by atoms with E-state index in [9.17, 15) is 14.0 Å². The summed E-state index contributed by atoms with van der Waals surface area (Å²) >= 11 is 0. The third-order valence-corrected chi connectivity index (χ3v) is 7.47. The van der Waals surface area contributed by atoms with Crippen molar-refractivity contribution >= 4 is 11.6 Å². The number of carbonyl (C=O) groups excluding carboxylic acids is 1. The molecule has 0 bridgehead atoms. The van der Waals surface area contributed by atoms with Crippen LogP contribution < -0.4 is 21.6 Å². The Morgan fingerprint density at radius 1 is 1.34 bits per heavy atom. The van der Waals surface area contributed by atoms with Crippen LogP contribution in [0.5, 0.6) is 0 Å². The molecule has 172 valence electrons. The molecule has 0 spiro atoms. The average Bonchev–Trinajstić information content (AvgIpc) is 3.37. The molecule has 8 heteroatoms. The summed E-state index contributed by atoms with van der Waals surface area (Å²) in [6.45, 7) is 5.68. The Morgan fingerprint density at radius 3 is 2.81 bits per heavy atom. The van der Waals surface area contributed by atoms with Gasteiger partial charge in [-0.1, -0.05) is 13.0 Å². The Hall–Kier alpha value is -2.61. The number of carbonyl (C=O) groups is 1. The Balaban J connectivity index is 1.23. The van der Waals surface area contributed by atoms with E-state index in [0.717, 1.165) is 37.1 Å². The molecule has 1 saturated carbocycles. The smallest absolute Gasteiger partial charge is 0.325 e. The van der Waals surface area contributed by atoms with Gasteiger partial charge in [0.1, 0.15) is 11.9 Å². The van der Waals surface area contributed by atoms with Gasteiger partial charge in [-0.3, -0.25) is 9.36 Å². The molecule has 1 aliphatic carbocycles. The second kappa shape index (κ2) is 8.39. The normalized spacial score (nSPS) is 28.1. The fraction of sp³-hybridized carbons (Fsp3) is 0.583. The minimum atomic E-state index is -0.436. The molecule has 7 nitrogen and oxygen atoms in total. The van der Waals surface area contributed by atoms with Gasteiger partial charge in [0.25, 0.3) is 0 Å². The minimum Gasteiger partial charge on any atom is -0.373 e. The van der Waals surface area contributed by atoms with E-state index in [2.05, 4.69) is 27.9 Å². The molecule has 32 heavy (non-hydrogen) atoms. The number of halogens is 1. The second-order valence-electron chi connectivity index (χ2n) is 9.92. The van der Waals surface area contributed by atoms with Gasteiger partial charge in [-0.15, -0.1) is 0 Å². The van der Waals surface area contributed by atoms with Crippen LogP contribution in [-0.2, 0) is 17.8 Å². The number of hydrogen-bond acceptors (Lipinski definition) is 4. The number of hydrogen-bond donors (Lipinski definition) is 4. The lowest BCUT2D eigenvalue weighted by molar-refractivity contribution is -0.123. The maximum atomic E-state index is 14.2. The molecule has 1 aromatic carbocycles. The van der Waals surface area contributed by atoms with Crippen molar-refractivity contribution in [2.75, 3.05) is 11.9 Å². The molecular formula is C24H32FN5O2. The lowest BCUT2D eigenvalue weighted by atomic mass is 9.81. The van der Waals surface area contributed by atoms with Crippen LogP contribution in [0.2, 0.25) is 0 Å². The first-order chi connectivity index (χ1) is 15.4. The van der Waals surface area contributed by atoms with Crippen LogP contribution in [0.4, 0.5) is 10.1 Å². The largest absolute Gasteiger partial charge is 0.373 e. The fourth-order valence-corrected chi connectivity index (χ4v) is 5.60. The summed E-state index contributed by atoms with van der Waals surface area (Å²) in [6, 6.07) is 3.07. The summed E-state index contributed by atoms with van der Waals surface area (Å²) in [4.78, 5) is 27.7. The summed E-state index contributed by atoms with van der Waals surface area (Å²) in [5, 5.41) is 10.3. The molecule has 2 aromatic rings. The lowest BCUT2D eigenvalue weighted by Gasteiger charge is -2.40. The van der Waals surface area contributed by atoms with E-state index >= 15 is 0 Å². The molecule has 5 atom stereocenters. The molecule has 5 rings (SSSR count). The highest BCUT2D eigenvalue weighted by Crippen LogP contribution is 2.38. The summed E-state index contributed by atoms with van der Waals surface area (Å²) in [5.41, 5.74) is 2.27. The van der Waals surface area contributed by atoms with Crippen molar-refractivity contribution in [2.45, 2.75) is 64.2 Å². The highest BCUT2D eigenvalue weighted by atomic mass is 19.1. The number of fused-ring (bicyclic) bond motifs is 1. The van der Waals surface area contributed by atoms with E-state index in [1.807, 2.05) is 6.92 Å². The lowest BCUT2D eigenvalue weighted by Crippen LogP contribution is -2.59. The molecule has 1 aromatic heterocycles. The predicted octanol–water partition coefficient (Wildman–Crippen LogP) is 2.17. The molecule has 3 aliphatic rings. The van der Waals surface area contributed by atoms with E-state index in [1.165, 1.54) is 6.07 Å². The number of nitrogens with zero attached hydrogens (tertiary/aromatic N) is 1. The van der Waals surface area contributed by atoms with Crippen LogP contribution in [-0.4, -0.2) is 40.1 Å². The van der Waals surface area contributed by atoms with Gasteiger partial charge in [0.05, 0.1) is 0 Å². The van der Waals surface area contributed by atoms with Crippen molar-refractivity contribution in [3.63, 3.8) is 0 Å². The summed E-state index contributed by atoms with van der Waals surface area (Å²) in [5.74, 6) is 0.948. The first-order valence-electron chi connectivity index (χ1n) is 11.7. The SMILES string of the molecule is Cc1ccc(F)c2c1NC(C(=O)NC(C1CC1)C1NCC(Cn3cc[nH]c3=O)CC1C)C2. The van der Waals surface area contributed by atoms with Crippen LogP contribution in [0, 0.1) is 30.5 Å². The van der Waals surface area contributed by atoms with Gasteiger partial charge in [-0.25, -0.2) is 9.18 Å². The summed E-state index contributed by atoms with van der Waals surface area (Å²) in [7, 11) is 0. The van der Waals surface area contributed by atoms with Gasteiger partial charge in [-0.05, 0) is 55.6 Å². The van der Waals surface area contributed by atoms with E-state index in [0.29, 0.717) is 36.3 Å². The number of piperidine rings is 1. The molecule has 2 fully saturated rings. The summed E-state index contributed by atoms with van der Waals surface area (Å²) < 4.78 is 16.0. The molecule has 3 heterocycles. The number of nitrogens with one attached hydrogen (secondary N) is 4. The molecule has 1 amide bonds. The van der Waals surface area contributed by atoms with Gasteiger partial charge in [-0.2, -0.15) is 0 Å². The summed E-state index contributed by atoms with van der Waals surface area (Å²) in [6.07, 6.45) is 7.11. The maximum Gasteiger partial charge on any atom is 0.325 e. The maximum absolute atomic E-state index is 14.2. The Labute approximate surface area is 187 Å². The predicted molar refractivity (Wildman–Crippen MR) is 121 cm³/mol. The number of aryl methyl sites for hydroxylation is 1. The highest BCUT2D eigenvalue weighted by Gasteiger charge is 2.43. The molecule has 0 radical (unpaired) electrons. The van der Waals surface area contributed by atoms with Gasteiger partial charge in [0.15, 0.2) is 0 Å². The molecule has 2 aliphatic heterocycles. The number of aromatic nitrogens is 2. The van der Waals surface area contributed by atoms with Crippen molar-refractivity contribution in [3.8, 4) is 0 Å². The van der Waals surface area contributed by atoms with E-state index < -0.39 is 6.04 Å². The van der Waals surface area contributed by atoms with Crippen molar-refractivity contribution < 1.29 is 9.18 Å². The van der Waals surface area contributed by atoms with Crippen molar-refractivity contribution in [3.05, 3.63) is 52.0 Å². The van der Waals surface area contributed by atoms with Crippen LogP contribution >= 0.6 is 0 Å². The van der Waals surface area contributed by atoms with Gasteiger partial charge in [0.2, 0.25) is 5.91 Å². The van der Waals surface area contributed by atoms with Crippen LogP contribution in [0.3, 0.4) is 0 Å². The van der Waals surface area contributed by atoms with Crippen LogP contribution in [0.25, 0.3) is 0 Å². The number of rotatable bonds is 6. The van der Waals surface area contributed by atoms with Crippen molar-refractivity contribution in [1.82, 2.24) is 20.2 Å². The number of aromatic amines is 1. The average molecular weight is 442 g/mol. The number of benzene rings is 1. The Bertz CT molecular complexity index is 1030. The monoisotopic (exact) mass is 441 g/mol. The van der Waals surface area contributed by atoms with Gasteiger partial charge < -0.3 is 20.9 Å². The Kier molecular flexibility index (Phi) is 5.57. The molecule has 5 unspecified atom stereocenters. The standard InChI is InChI=1S/C24H32FN5O2/c1-13-3-6-18(25)17-10-19(28-20(13)17)23(31)29-22(16-4-5-16)21-14(2)9-15(11-27-21)12-30-8-7-26-24(30)32/h3,6-8,14-16,19,21-22,27-28H,4-5,9-12H2,1-2H3,(H,26,32)(H,29,31). The topological polar surface area (TPSA) is 90.9 Å². The number of amides is 1. The van der Waals surface area contributed by atoms with Crippen LogP contribution in [0.1, 0.15) is 37.3 Å². The van der Waals surface area contributed by atoms with Gasteiger partial charge in [0, 0.05) is 55.2 Å². The highest BCUT2D eigenvalue weighted by molar-refractivity contribution is 5.88. The molecule has 4 N–H and O–H groups in total. The zero-order valence-electron chi connectivity index (χ0n) is 18.7. The number of H-pyrrole nitrogens is 1. The zero-order chi connectivity index (χ0) is 22.4. The number of imidazole rings is 1. The van der Waals surface area contributed by atoms with Gasteiger partial charge >= 0.3 is 5.69 Å². The first-order valence-corrected chi connectivity index (χ1v) is 11.7. The minimum absolute atomic E-state index is 0.0492. The van der Waals surface area contributed by atoms with Crippen molar-refractivity contribution in [1.29, 1.82) is 0 Å².